The molecule has 4 heterocycles. The Balaban J connectivity index is 1.46. The van der Waals surface area contributed by atoms with Gasteiger partial charge in [0.25, 0.3) is 11.5 Å². The van der Waals surface area contributed by atoms with Crippen molar-refractivity contribution < 1.29 is 8.78 Å². The number of nitrogens with zero attached hydrogens (tertiary/aromatic N) is 6. The largest absolute Gasteiger partial charge is 0.344 e. The monoisotopic (exact) mass is 598 g/mol. The molecule has 182 valence electrons. The highest BCUT2D eigenvalue weighted by Gasteiger charge is 2.56. The van der Waals surface area contributed by atoms with Crippen LogP contribution in [0.15, 0.2) is 53.7 Å². The van der Waals surface area contributed by atoms with Crippen molar-refractivity contribution in [3.8, 4) is 16.8 Å². The molecule has 5 aromatic rings. The molecule has 2 saturated carbocycles. The lowest BCUT2D eigenvalue weighted by Crippen LogP contribution is -2.24. The van der Waals surface area contributed by atoms with Crippen LogP contribution in [-0.2, 0) is 13.6 Å². The minimum atomic E-state index is -2.66. The van der Waals surface area contributed by atoms with E-state index < -0.39 is 11.8 Å². The molecule has 2 aliphatic rings. The molecule has 2 fully saturated rings. The van der Waals surface area contributed by atoms with Crippen molar-refractivity contribution in [2.45, 2.75) is 37.6 Å². The van der Waals surface area contributed by atoms with Gasteiger partial charge in [0.15, 0.2) is 0 Å². The fourth-order valence-corrected chi connectivity index (χ4v) is 5.65. The van der Waals surface area contributed by atoms with Crippen LogP contribution in [0.1, 0.15) is 30.9 Å². The number of alkyl halides is 2. The van der Waals surface area contributed by atoms with Crippen LogP contribution in [0.25, 0.3) is 38.8 Å². The second kappa shape index (κ2) is 7.67. The minimum absolute atomic E-state index is 0.133. The van der Waals surface area contributed by atoms with Crippen molar-refractivity contribution in [2.75, 3.05) is 0 Å². The summed E-state index contributed by atoms with van der Waals surface area (Å²) in [5.74, 6) is -2.90. The molecule has 0 spiro atoms. The lowest BCUT2D eigenvalue weighted by atomic mass is 10.1. The predicted molar refractivity (Wildman–Crippen MR) is 141 cm³/mol. The molecule has 7 rings (SSSR count). The molecule has 0 amide bonds. The summed E-state index contributed by atoms with van der Waals surface area (Å²) in [5, 5.41) is 10.0. The first kappa shape index (κ1) is 22.1. The first-order valence-electron chi connectivity index (χ1n) is 11.9. The topological polar surface area (TPSA) is 70.5 Å². The summed E-state index contributed by atoms with van der Waals surface area (Å²) in [6, 6.07) is 9.46. The number of benzene rings is 1. The van der Waals surface area contributed by atoms with E-state index >= 15 is 0 Å². The SMILES string of the molecule is Cn1cc2cc(-n3nc4c(I)cn(C[C@H]5CC5(F)F)c4c(-c4ccc(C5CC5)nc4)c3=O)ccc2n1. The lowest BCUT2D eigenvalue weighted by Gasteiger charge is -2.13. The van der Waals surface area contributed by atoms with Crippen LogP contribution in [0, 0.1) is 9.49 Å². The number of hydrogen-bond acceptors (Lipinski definition) is 4. The molecule has 0 unspecified atom stereocenters. The van der Waals surface area contributed by atoms with Crippen molar-refractivity contribution in [3.05, 3.63) is 68.5 Å². The zero-order chi connectivity index (χ0) is 24.8. The highest BCUT2D eigenvalue weighted by Crippen LogP contribution is 2.50. The molecule has 1 aromatic carbocycles. The lowest BCUT2D eigenvalue weighted by molar-refractivity contribution is 0.0954. The first-order chi connectivity index (χ1) is 17.3. The van der Waals surface area contributed by atoms with Gasteiger partial charge >= 0.3 is 0 Å². The average molecular weight is 598 g/mol. The van der Waals surface area contributed by atoms with Crippen LogP contribution in [0.2, 0.25) is 0 Å². The Labute approximate surface area is 217 Å². The average Bonchev–Trinajstić information content (AvgIpc) is 3.72. The van der Waals surface area contributed by atoms with Gasteiger partial charge in [-0.25, -0.2) is 8.78 Å². The molecule has 7 nitrogen and oxygen atoms in total. The fraction of sp³-hybridized carbons (Fsp3) is 0.308. The normalized spacial score (nSPS) is 18.8. The zero-order valence-corrected chi connectivity index (χ0v) is 21.5. The van der Waals surface area contributed by atoms with E-state index in [1.54, 1.807) is 15.4 Å². The summed E-state index contributed by atoms with van der Waals surface area (Å²) in [5.41, 5.74) is 4.40. The van der Waals surface area contributed by atoms with E-state index in [0.29, 0.717) is 33.8 Å². The third kappa shape index (κ3) is 3.56. The van der Waals surface area contributed by atoms with Crippen molar-refractivity contribution in [1.82, 2.24) is 29.1 Å². The molecule has 1 atom stereocenters. The molecule has 10 heteroatoms. The Kier molecular flexibility index (Phi) is 4.71. The van der Waals surface area contributed by atoms with E-state index in [1.165, 1.54) is 4.68 Å². The van der Waals surface area contributed by atoms with E-state index in [1.807, 2.05) is 49.8 Å². The molecule has 36 heavy (non-hydrogen) atoms. The molecule has 4 aromatic heterocycles. The summed E-state index contributed by atoms with van der Waals surface area (Å²) in [6.07, 6.45) is 7.56. The zero-order valence-electron chi connectivity index (χ0n) is 19.3. The van der Waals surface area contributed by atoms with Gasteiger partial charge in [-0.2, -0.15) is 14.9 Å². The summed E-state index contributed by atoms with van der Waals surface area (Å²) in [4.78, 5) is 18.7. The molecule has 0 radical (unpaired) electrons. The van der Waals surface area contributed by atoms with Gasteiger partial charge in [-0.3, -0.25) is 14.5 Å². The third-order valence-electron chi connectivity index (χ3n) is 7.14. The fourth-order valence-electron chi connectivity index (χ4n) is 4.95. The van der Waals surface area contributed by atoms with Crippen LogP contribution in [0.5, 0.6) is 0 Å². The smallest absolute Gasteiger partial charge is 0.281 e. The van der Waals surface area contributed by atoms with Gasteiger partial charge in [0.1, 0.15) is 5.52 Å². The van der Waals surface area contributed by atoms with Gasteiger partial charge < -0.3 is 4.57 Å². The summed E-state index contributed by atoms with van der Waals surface area (Å²) in [6.45, 7) is 0.139. The van der Waals surface area contributed by atoms with Gasteiger partial charge in [-0.15, -0.1) is 0 Å². The molecule has 2 aliphatic carbocycles. The van der Waals surface area contributed by atoms with Gasteiger partial charge in [-0.05, 0) is 59.7 Å². The van der Waals surface area contributed by atoms with E-state index in [9.17, 15) is 13.6 Å². The van der Waals surface area contributed by atoms with Crippen LogP contribution in [0.4, 0.5) is 8.78 Å². The van der Waals surface area contributed by atoms with Crippen molar-refractivity contribution in [2.24, 2.45) is 13.0 Å². The van der Waals surface area contributed by atoms with Crippen molar-refractivity contribution in [1.29, 1.82) is 0 Å². The first-order valence-corrected chi connectivity index (χ1v) is 13.0. The van der Waals surface area contributed by atoms with Crippen LogP contribution >= 0.6 is 22.6 Å². The van der Waals surface area contributed by atoms with Crippen molar-refractivity contribution in [3.63, 3.8) is 0 Å². The Morgan fingerprint density at radius 3 is 2.64 bits per heavy atom. The second-order valence-corrected chi connectivity index (χ2v) is 11.0. The van der Waals surface area contributed by atoms with E-state index in [0.717, 1.165) is 33.0 Å². The van der Waals surface area contributed by atoms with E-state index in [2.05, 4.69) is 32.7 Å². The Morgan fingerprint density at radius 1 is 1.14 bits per heavy atom. The standard InChI is InChI=1S/C26H21F2IN6O/c1-33-11-16-8-18(5-7-21(16)31-33)35-25(36)22(15-4-6-20(30-10-15)14-2-3-14)24-23(32-35)19(29)13-34(24)12-17-9-26(17,27)28/h4-8,10-11,13-14,17H,2-3,9,12H2,1H3/t17-/m1/s1. The molecular weight excluding hydrogens is 577 g/mol. The maximum atomic E-state index is 14.0. The van der Waals surface area contributed by atoms with Gasteiger partial charge in [-0.1, -0.05) is 6.07 Å². The highest BCUT2D eigenvalue weighted by molar-refractivity contribution is 14.1. The Bertz CT molecular complexity index is 1730. The minimum Gasteiger partial charge on any atom is -0.344 e. The molecule has 0 aliphatic heterocycles. The molecule has 0 bridgehead atoms. The number of aryl methyl sites for hydroxylation is 1. The summed E-state index contributed by atoms with van der Waals surface area (Å²) >= 11 is 2.16. The second-order valence-electron chi connectivity index (χ2n) is 9.87. The van der Waals surface area contributed by atoms with Crippen molar-refractivity contribution >= 4 is 44.5 Å². The summed E-state index contributed by atoms with van der Waals surface area (Å²) < 4.78 is 33.3. The molecule has 0 saturated heterocycles. The van der Waals surface area contributed by atoms with Crippen LogP contribution < -0.4 is 5.56 Å². The summed E-state index contributed by atoms with van der Waals surface area (Å²) in [7, 11) is 1.85. The number of hydrogen-bond donors (Lipinski definition) is 0. The van der Waals surface area contributed by atoms with Crippen LogP contribution in [0.3, 0.4) is 0 Å². The number of rotatable bonds is 5. The predicted octanol–water partition coefficient (Wildman–Crippen LogP) is 5.27. The Hall–Kier alpha value is -3.15. The van der Waals surface area contributed by atoms with Gasteiger partial charge in [0.05, 0.1) is 25.9 Å². The number of aromatic nitrogens is 6. The Morgan fingerprint density at radius 2 is 1.94 bits per heavy atom. The quantitative estimate of drug-likeness (QED) is 0.259. The van der Waals surface area contributed by atoms with E-state index in [-0.39, 0.29) is 18.5 Å². The third-order valence-corrected chi connectivity index (χ3v) is 7.93. The molecular formula is C26H21F2IN6O. The molecule has 0 N–H and O–H groups in total. The number of halogens is 3. The van der Waals surface area contributed by atoms with Crippen LogP contribution in [-0.4, -0.2) is 35.0 Å². The van der Waals surface area contributed by atoms with E-state index in [4.69, 9.17) is 5.10 Å². The number of fused-ring (bicyclic) bond motifs is 2. The highest BCUT2D eigenvalue weighted by atomic mass is 127. The van der Waals surface area contributed by atoms with Gasteiger partial charge in [0, 0.05) is 67.1 Å². The number of pyridine rings is 1. The van der Waals surface area contributed by atoms with Gasteiger partial charge in [0.2, 0.25) is 0 Å². The maximum absolute atomic E-state index is 14.0. The maximum Gasteiger partial charge on any atom is 0.281 e.